The van der Waals surface area contributed by atoms with Crippen LogP contribution in [0.1, 0.15) is 48.7 Å². The van der Waals surface area contributed by atoms with Crippen LogP contribution in [0.5, 0.6) is 0 Å². The number of aliphatic hydroxyl groups excluding tert-OH is 1. The first-order chi connectivity index (χ1) is 14.0. The zero-order valence-corrected chi connectivity index (χ0v) is 16.6. The molecule has 3 heterocycles. The zero-order chi connectivity index (χ0) is 20.5. The maximum absolute atomic E-state index is 13.2. The van der Waals surface area contributed by atoms with Gasteiger partial charge in [-0.15, -0.1) is 0 Å². The summed E-state index contributed by atoms with van der Waals surface area (Å²) in [6, 6.07) is 6.71. The minimum Gasteiger partial charge on any atom is -0.389 e. The van der Waals surface area contributed by atoms with E-state index in [4.69, 9.17) is 0 Å². The van der Waals surface area contributed by atoms with Crippen molar-refractivity contribution in [3.05, 3.63) is 51.7 Å². The molecule has 0 saturated carbocycles. The molecule has 0 radical (unpaired) electrons. The van der Waals surface area contributed by atoms with Crippen molar-refractivity contribution in [3.63, 3.8) is 0 Å². The minimum absolute atomic E-state index is 0.216. The van der Waals surface area contributed by atoms with Crippen LogP contribution in [-0.2, 0) is 22.6 Å². The van der Waals surface area contributed by atoms with Gasteiger partial charge >= 0.3 is 5.69 Å². The first-order valence-electron chi connectivity index (χ1n) is 10.2. The third-order valence-corrected chi connectivity index (χ3v) is 5.93. The van der Waals surface area contributed by atoms with Crippen LogP contribution in [0.2, 0.25) is 0 Å². The summed E-state index contributed by atoms with van der Waals surface area (Å²) in [6.45, 7) is 2.27. The van der Waals surface area contributed by atoms with E-state index in [1.165, 1.54) is 9.25 Å². The molecule has 29 heavy (non-hydrogen) atoms. The highest BCUT2D eigenvalue weighted by Gasteiger charge is 2.39. The second-order valence-electron chi connectivity index (χ2n) is 7.93. The molecule has 1 saturated heterocycles. The van der Waals surface area contributed by atoms with E-state index < -0.39 is 18.7 Å². The molecule has 0 bridgehead atoms. The van der Waals surface area contributed by atoms with Gasteiger partial charge in [0.05, 0.1) is 12.6 Å². The van der Waals surface area contributed by atoms with Crippen molar-refractivity contribution in [2.45, 2.75) is 57.7 Å². The maximum atomic E-state index is 13.2. The summed E-state index contributed by atoms with van der Waals surface area (Å²) in [4.78, 5) is 39.9. The summed E-state index contributed by atoms with van der Waals surface area (Å²) in [5, 5.41) is 13.7. The Kier molecular flexibility index (Phi) is 5.36. The number of aliphatic hydroxyl groups is 1. The van der Waals surface area contributed by atoms with E-state index in [1.54, 1.807) is 4.90 Å². The molecule has 2 aliphatic heterocycles. The molecule has 1 N–H and O–H groups in total. The number of benzene rings is 1. The molecule has 2 aromatic rings. The number of likely N-dealkylation sites (tertiary alicyclic amines) is 1. The lowest BCUT2D eigenvalue weighted by Gasteiger charge is -2.30. The van der Waals surface area contributed by atoms with E-state index in [0.29, 0.717) is 38.2 Å². The molecule has 1 fully saturated rings. The van der Waals surface area contributed by atoms with Crippen LogP contribution >= 0.6 is 0 Å². The smallest absolute Gasteiger partial charge is 0.346 e. The van der Waals surface area contributed by atoms with Crippen LogP contribution in [0.15, 0.2) is 29.1 Å². The molecule has 1 aromatic carbocycles. The number of hydrogen-bond donors (Lipinski definition) is 1. The number of hydrogen-bond acceptors (Lipinski definition) is 5. The number of ketones is 1. The van der Waals surface area contributed by atoms with Gasteiger partial charge in [-0.3, -0.25) is 14.2 Å². The number of carbonyl (C=O) groups is 2. The van der Waals surface area contributed by atoms with Crippen molar-refractivity contribution in [2.75, 3.05) is 13.2 Å². The number of Topliss-reactive ketones (excluding diaryl/α,β-unsaturated/α-hetero) is 1. The molecular weight excluding hydrogens is 372 g/mol. The normalized spacial score (nSPS) is 21.2. The Balaban J connectivity index is 1.62. The van der Waals surface area contributed by atoms with Crippen LogP contribution in [0.4, 0.5) is 0 Å². The first-order valence-corrected chi connectivity index (χ1v) is 10.2. The fourth-order valence-electron chi connectivity index (χ4n) is 4.40. The molecule has 0 spiro atoms. The number of nitrogens with zero attached hydrogens (tertiary/aromatic N) is 4. The Hall–Kier alpha value is -2.74. The molecule has 8 heteroatoms. The Bertz CT molecular complexity index is 976. The van der Waals surface area contributed by atoms with Crippen molar-refractivity contribution in [1.82, 2.24) is 19.2 Å². The number of aryl methyl sites for hydroxylation is 2. The average Bonchev–Trinajstić information content (AvgIpc) is 3.34. The van der Waals surface area contributed by atoms with Crippen molar-refractivity contribution in [1.29, 1.82) is 0 Å². The van der Waals surface area contributed by atoms with Crippen LogP contribution in [0, 0.1) is 6.92 Å². The second kappa shape index (κ2) is 7.94. The standard InChI is InChI=1S/C21H26N4O4/c1-14-7-9-15(10-8-14)12-24-21(29)25-17(4-2-6-19(25)22-24)20(28)23-11-3-5-16(23)18(27)13-26/h7-10,16-17,26H,2-6,11-13H2,1H3. The van der Waals surface area contributed by atoms with Crippen LogP contribution in [-0.4, -0.2) is 55.2 Å². The molecule has 154 valence electrons. The third kappa shape index (κ3) is 3.64. The molecule has 1 aromatic heterocycles. The predicted molar refractivity (Wildman–Crippen MR) is 106 cm³/mol. The van der Waals surface area contributed by atoms with E-state index in [9.17, 15) is 19.5 Å². The SMILES string of the molecule is Cc1ccc(Cn2nc3n(c2=O)C(C(=O)N2CCCC2C(=O)CO)CCC3)cc1. The van der Waals surface area contributed by atoms with E-state index in [2.05, 4.69) is 5.10 Å². The number of rotatable bonds is 5. The third-order valence-electron chi connectivity index (χ3n) is 5.93. The Morgan fingerprint density at radius 1 is 1.14 bits per heavy atom. The first kappa shape index (κ1) is 19.6. The summed E-state index contributed by atoms with van der Waals surface area (Å²) in [6.07, 6.45) is 3.26. The molecule has 2 atom stereocenters. The molecule has 1 amide bonds. The van der Waals surface area contributed by atoms with Crippen molar-refractivity contribution >= 4 is 11.7 Å². The fourth-order valence-corrected chi connectivity index (χ4v) is 4.40. The molecule has 4 rings (SSSR count). The van der Waals surface area contributed by atoms with Crippen LogP contribution in [0.25, 0.3) is 0 Å². The lowest BCUT2D eigenvalue weighted by Crippen LogP contribution is -2.47. The van der Waals surface area contributed by atoms with Crippen molar-refractivity contribution in [2.24, 2.45) is 0 Å². The van der Waals surface area contributed by atoms with Gasteiger partial charge in [-0.25, -0.2) is 9.48 Å². The summed E-state index contributed by atoms with van der Waals surface area (Å²) in [5.74, 6) is 0.0671. The van der Waals surface area contributed by atoms with Gasteiger partial charge in [-0.1, -0.05) is 29.8 Å². The van der Waals surface area contributed by atoms with E-state index in [-0.39, 0.29) is 17.4 Å². The Morgan fingerprint density at radius 3 is 2.59 bits per heavy atom. The maximum Gasteiger partial charge on any atom is 0.346 e. The quantitative estimate of drug-likeness (QED) is 0.805. The molecule has 8 nitrogen and oxygen atoms in total. The topological polar surface area (TPSA) is 97.4 Å². The average molecular weight is 398 g/mol. The fraction of sp³-hybridized carbons (Fsp3) is 0.524. The summed E-state index contributed by atoms with van der Waals surface area (Å²) in [7, 11) is 0. The van der Waals surface area contributed by atoms with Crippen LogP contribution < -0.4 is 5.69 Å². The minimum atomic E-state index is -0.634. The lowest BCUT2D eigenvalue weighted by atomic mass is 10.0. The van der Waals surface area contributed by atoms with E-state index >= 15 is 0 Å². The van der Waals surface area contributed by atoms with Gasteiger partial charge in [0.15, 0.2) is 5.78 Å². The van der Waals surface area contributed by atoms with Gasteiger partial charge in [0, 0.05) is 13.0 Å². The summed E-state index contributed by atoms with van der Waals surface area (Å²) in [5.41, 5.74) is 1.83. The molecule has 2 unspecified atom stereocenters. The highest BCUT2D eigenvalue weighted by atomic mass is 16.3. The van der Waals surface area contributed by atoms with Gasteiger partial charge in [-0.2, -0.15) is 5.10 Å². The molecular formula is C21H26N4O4. The molecule has 2 aliphatic rings. The summed E-state index contributed by atoms with van der Waals surface area (Å²) >= 11 is 0. The number of aromatic nitrogens is 3. The predicted octanol–water partition coefficient (Wildman–Crippen LogP) is 0.831. The van der Waals surface area contributed by atoms with Crippen molar-refractivity contribution in [3.8, 4) is 0 Å². The number of fused-ring (bicyclic) bond motifs is 1. The number of amides is 1. The van der Waals surface area contributed by atoms with Gasteiger partial charge < -0.3 is 10.0 Å². The van der Waals surface area contributed by atoms with Gasteiger partial charge in [0.1, 0.15) is 18.5 Å². The number of carbonyl (C=O) groups excluding carboxylic acids is 2. The van der Waals surface area contributed by atoms with Gasteiger partial charge in [0.2, 0.25) is 5.91 Å². The Morgan fingerprint density at radius 2 is 1.86 bits per heavy atom. The molecule has 0 aliphatic carbocycles. The van der Waals surface area contributed by atoms with E-state index in [1.807, 2.05) is 31.2 Å². The summed E-state index contributed by atoms with van der Waals surface area (Å²) < 4.78 is 2.94. The largest absolute Gasteiger partial charge is 0.389 e. The van der Waals surface area contributed by atoms with Gasteiger partial charge in [0.25, 0.3) is 0 Å². The zero-order valence-electron chi connectivity index (χ0n) is 16.6. The van der Waals surface area contributed by atoms with E-state index in [0.717, 1.165) is 24.0 Å². The monoisotopic (exact) mass is 398 g/mol. The van der Waals surface area contributed by atoms with Crippen LogP contribution in [0.3, 0.4) is 0 Å². The second-order valence-corrected chi connectivity index (χ2v) is 7.93. The van der Waals surface area contributed by atoms with Crippen molar-refractivity contribution < 1.29 is 14.7 Å². The van der Waals surface area contributed by atoms with Gasteiger partial charge in [-0.05, 0) is 38.2 Å². The lowest BCUT2D eigenvalue weighted by molar-refractivity contribution is -0.141. The Labute approximate surface area is 168 Å². The highest BCUT2D eigenvalue weighted by molar-refractivity contribution is 5.91. The highest BCUT2D eigenvalue weighted by Crippen LogP contribution is 2.28.